The van der Waals surface area contributed by atoms with Crippen molar-refractivity contribution < 1.29 is 4.79 Å². The molecule has 122 valence electrons. The number of hydrogen-bond acceptors (Lipinski definition) is 3. The minimum Gasteiger partial charge on any atom is -0.370 e. The molecule has 0 radical (unpaired) electrons. The van der Waals surface area contributed by atoms with Crippen LogP contribution in [0.25, 0.3) is 10.1 Å². The molecular formula is C20H20N2OS. The number of hydrogen-bond donors (Lipinski definition) is 1. The van der Waals surface area contributed by atoms with Crippen LogP contribution in [0, 0.1) is 0 Å². The van der Waals surface area contributed by atoms with Gasteiger partial charge >= 0.3 is 0 Å². The van der Waals surface area contributed by atoms with Crippen molar-refractivity contribution in [1.29, 1.82) is 0 Å². The van der Waals surface area contributed by atoms with Crippen molar-refractivity contribution >= 4 is 38.7 Å². The minimum atomic E-state index is -0.0272. The summed E-state index contributed by atoms with van der Waals surface area (Å²) in [6, 6.07) is 18.2. The Bertz CT molecular complexity index is 832. The zero-order valence-electron chi connectivity index (χ0n) is 13.5. The van der Waals surface area contributed by atoms with E-state index in [1.165, 1.54) is 19.3 Å². The van der Waals surface area contributed by atoms with Gasteiger partial charge in [-0.15, -0.1) is 11.3 Å². The largest absolute Gasteiger partial charge is 0.370 e. The van der Waals surface area contributed by atoms with Crippen LogP contribution in [-0.4, -0.2) is 19.0 Å². The smallest absolute Gasteiger partial charge is 0.265 e. The molecule has 1 N–H and O–H groups in total. The highest BCUT2D eigenvalue weighted by Crippen LogP contribution is 2.30. The monoisotopic (exact) mass is 336 g/mol. The number of rotatable bonds is 3. The first-order valence-electron chi connectivity index (χ1n) is 8.45. The van der Waals surface area contributed by atoms with Gasteiger partial charge in [0.05, 0.1) is 16.3 Å². The lowest BCUT2D eigenvalue weighted by Gasteiger charge is -2.30. The number of nitrogens with one attached hydrogen (secondary N) is 1. The molecule has 0 aliphatic carbocycles. The number of carbonyl (C=O) groups is 1. The van der Waals surface area contributed by atoms with E-state index in [9.17, 15) is 4.79 Å². The quantitative estimate of drug-likeness (QED) is 0.718. The fourth-order valence-electron chi connectivity index (χ4n) is 3.27. The summed E-state index contributed by atoms with van der Waals surface area (Å²) in [6.45, 7) is 2.13. The van der Waals surface area contributed by atoms with E-state index in [0.717, 1.165) is 39.4 Å². The number of amides is 1. The first-order chi connectivity index (χ1) is 11.8. The van der Waals surface area contributed by atoms with Crippen LogP contribution in [0.4, 0.5) is 11.4 Å². The second kappa shape index (κ2) is 6.65. The van der Waals surface area contributed by atoms with Gasteiger partial charge < -0.3 is 10.2 Å². The molecule has 4 rings (SSSR count). The number of piperidine rings is 1. The fourth-order valence-corrected chi connectivity index (χ4v) is 4.23. The van der Waals surface area contributed by atoms with Crippen molar-refractivity contribution in [3.05, 3.63) is 59.5 Å². The van der Waals surface area contributed by atoms with Gasteiger partial charge in [0.2, 0.25) is 0 Å². The molecule has 2 heterocycles. The summed E-state index contributed by atoms with van der Waals surface area (Å²) >= 11 is 1.54. The van der Waals surface area contributed by atoms with Gasteiger partial charge in [0.25, 0.3) is 5.91 Å². The van der Waals surface area contributed by atoms with Crippen molar-refractivity contribution in [2.45, 2.75) is 19.3 Å². The number of fused-ring (bicyclic) bond motifs is 1. The van der Waals surface area contributed by atoms with E-state index in [-0.39, 0.29) is 5.91 Å². The molecular weight excluding hydrogens is 316 g/mol. The molecule has 1 fully saturated rings. The molecule has 24 heavy (non-hydrogen) atoms. The second-order valence-corrected chi connectivity index (χ2v) is 7.25. The number of carbonyl (C=O) groups excluding carboxylic acids is 1. The third kappa shape index (κ3) is 3.02. The Hall–Kier alpha value is -2.33. The summed E-state index contributed by atoms with van der Waals surface area (Å²) in [7, 11) is 0. The van der Waals surface area contributed by atoms with Crippen molar-refractivity contribution in [3.63, 3.8) is 0 Å². The van der Waals surface area contributed by atoms with Crippen LogP contribution < -0.4 is 10.2 Å². The second-order valence-electron chi connectivity index (χ2n) is 6.17. The highest BCUT2D eigenvalue weighted by molar-refractivity contribution is 7.20. The van der Waals surface area contributed by atoms with Crippen LogP contribution in [0.5, 0.6) is 0 Å². The average molecular weight is 336 g/mol. The molecule has 0 bridgehead atoms. The average Bonchev–Trinajstić information content (AvgIpc) is 3.07. The van der Waals surface area contributed by atoms with Crippen molar-refractivity contribution in [2.75, 3.05) is 23.3 Å². The fraction of sp³-hybridized carbons (Fsp3) is 0.250. The van der Waals surface area contributed by atoms with Gasteiger partial charge in [-0.2, -0.15) is 0 Å². The van der Waals surface area contributed by atoms with Crippen molar-refractivity contribution in [1.82, 2.24) is 0 Å². The highest BCUT2D eigenvalue weighted by atomic mass is 32.1. The van der Waals surface area contributed by atoms with Crippen LogP contribution in [-0.2, 0) is 0 Å². The maximum atomic E-state index is 12.7. The van der Waals surface area contributed by atoms with Crippen LogP contribution in [0.2, 0.25) is 0 Å². The number of nitrogens with zero attached hydrogens (tertiary/aromatic N) is 1. The van der Waals surface area contributed by atoms with Crippen molar-refractivity contribution in [3.8, 4) is 0 Å². The van der Waals surface area contributed by atoms with Crippen LogP contribution in [0.1, 0.15) is 28.9 Å². The summed E-state index contributed by atoms with van der Waals surface area (Å²) in [5.74, 6) is -0.0272. The van der Waals surface area contributed by atoms with Crippen LogP contribution in [0.15, 0.2) is 54.6 Å². The number of thiophene rings is 1. The summed E-state index contributed by atoms with van der Waals surface area (Å²) in [6.07, 6.45) is 3.74. The lowest BCUT2D eigenvalue weighted by atomic mass is 10.1. The topological polar surface area (TPSA) is 32.3 Å². The number of benzene rings is 2. The van der Waals surface area contributed by atoms with E-state index in [2.05, 4.69) is 22.3 Å². The molecule has 1 aliphatic heterocycles. The third-order valence-corrected chi connectivity index (χ3v) is 5.61. The Morgan fingerprint density at radius 1 is 0.958 bits per heavy atom. The van der Waals surface area contributed by atoms with Gasteiger partial charge in [-0.3, -0.25) is 4.79 Å². The number of para-hydroxylation sites is 2. The Morgan fingerprint density at radius 2 is 1.71 bits per heavy atom. The van der Waals surface area contributed by atoms with Gasteiger partial charge in [-0.25, -0.2) is 0 Å². The molecule has 1 aliphatic rings. The van der Waals surface area contributed by atoms with E-state index < -0.39 is 0 Å². The third-order valence-electron chi connectivity index (χ3n) is 4.50. The predicted molar refractivity (Wildman–Crippen MR) is 102 cm³/mol. The zero-order chi connectivity index (χ0) is 16.4. The van der Waals surface area contributed by atoms with Gasteiger partial charge in [-0.1, -0.05) is 30.3 Å². The van der Waals surface area contributed by atoms with Crippen LogP contribution >= 0.6 is 11.3 Å². The normalized spacial score (nSPS) is 14.8. The maximum Gasteiger partial charge on any atom is 0.265 e. The molecule has 0 saturated carbocycles. The Balaban J connectivity index is 1.59. The van der Waals surface area contributed by atoms with Gasteiger partial charge in [0.15, 0.2) is 0 Å². The van der Waals surface area contributed by atoms with Crippen LogP contribution in [0.3, 0.4) is 0 Å². The van der Waals surface area contributed by atoms with Gasteiger partial charge in [0, 0.05) is 17.8 Å². The Labute approximate surface area is 145 Å². The predicted octanol–water partition coefficient (Wildman–Crippen LogP) is 5.14. The van der Waals surface area contributed by atoms with Crippen molar-refractivity contribution in [2.24, 2.45) is 0 Å². The summed E-state index contributed by atoms with van der Waals surface area (Å²) in [4.78, 5) is 15.8. The first-order valence-corrected chi connectivity index (χ1v) is 9.27. The lowest BCUT2D eigenvalue weighted by Crippen LogP contribution is -2.30. The SMILES string of the molecule is O=C(Nc1ccccc1N1CCCCC1)c1cc2ccccc2s1. The standard InChI is InChI=1S/C20H20N2OS/c23-20(19-14-15-8-2-5-11-18(15)24-19)21-16-9-3-4-10-17(16)22-12-6-1-7-13-22/h2-5,8-11,14H,1,6-7,12-13H2,(H,21,23). The van der Waals surface area contributed by atoms with Gasteiger partial charge in [0.1, 0.15) is 0 Å². The Kier molecular flexibility index (Phi) is 4.22. The lowest BCUT2D eigenvalue weighted by molar-refractivity contribution is 0.103. The Morgan fingerprint density at radius 3 is 2.54 bits per heavy atom. The van der Waals surface area contributed by atoms with E-state index in [0.29, 0.717) is 0 Å². The molecule has 3 aromatic rings. The first kappa shape index (κ1) is 15.2. The molecule has 3 nitrogen and oxygen atoms in total. The van der Waals surface area contributed by atoms with Gasteiger partial charge in [-0.05, 0) is 48.9 Å². The molecule has 4 heteroatoms. The zero-order valence-corrected chi connectivity index (χ0v) is 14.3. The summed E-state index contributed by atoms with van der Waals surface area (Å²) < 4.78 is 1.15. The summed E-state index contributed by atoms with van der Waals surface area (Å²) in [5, 5.41) is 4.24. The molecule has 1 aromatic heterocycles. The molecule has 0 spiro atoms. The number of anilines is 2. The van der Waals surface area contributed by atoms with E-state index in [1.54, 1.807) is 11.3 Å². The van der Waals surface area contributed by atoms with E-state index >= 15 is 0 Å². The molecule has 0 atom stereocenters. The minimum absolute atomic E-state index is 0.0272. The molecule has 2 aromatic carbocycles. The maximum absolute atomic E-state index is 12.7. The van der Waals surface area contributed by atoms with E-state index in [4.69, 9.17) is 0 Å². The highest BCUT2D eigenvalue weighted by Gasteiger charge is 2.17. The molecule has 1 amide bonds. The molecule has 0 unspecified atom stereocenters. The summed E-state index contributed by atoms with van der Waals surface area (Å²) in [5.41, 5.74) is 2.04. The molecule has 1 saturated heterocycles. The van der Waals surface area contributed by atoms with E-state index in [1.807, 2.05) is 42.5 Å².